The number of aryl methyl sites for hydroxylation is 1. The summed E-state index contributed by atoms with van der Waals surface area (Å²) in [7, 11) is 1.65. The van der Waals surface area contributed by atoms with Gasteiger partial charge in [-0.3, -0.25) is 4.79 Å². The number of hydrogen-bond acceptors (Lipinski definition) is 4. The van der Waals surface area contributed by atoms with Crippen LogP contribution in [0.4, 0.5) is 0 Å². The lowest BCUT2D eigenvalue weighted by atomic mass is 9.95. The highest BCUT2D eigenvalue weighted by atomic mass is 16.5. The minimum atomic E-state index is -0.362. The van der Waals surface area contributed by atoms with Crippen molar-refractivity contribution in [3.63, 3.8) is 0 Å². The average molecular weight is 342 g/mol. The van der Waals surface area contributed by atoms with E-state index in [1.165, 1.54) is 0 Å². The van der Waals surface area contributed by atoms with E-state index in [4.69, 9.17) is 9.47 Å². The number of carbonyl (C=O) groups is 1. The zero-order valence-electron chi connectivity index (χ0n) is 15.4. The zero-order chi connectivity index (χ0) is 18.4. The van der Waals surface area contributed by atoms with Crippen LogP contribution in [0.15, 0.2) is 17.7 Å². The van der Waals surface area contributed by atoms with Gasteiger partial charge >= 0.3 is 0 Å². The Morgan fingerprint density at radius 3 is 2.84 bits per heavy atom. The lowest BCUT2D eigenvalue weighted by Crippen LogP contribution is -2.32. The minimum Gasteiger partial charge on any atom is -0.496 e. The van der Waals surface area contributed by atoms with E-state index in [0.717, 1.165) is 41.9 Å². The summed E-state index contributed by atoms with van der Waals surface area (Å²) < 4.78 is 10.9. The predicted molar refractivity (Wildman–Crippen MR) is 97.4 cm³/mol. The van der Waals surface area contributed by atoms with Crippen LogP contribution in [-0.2, 0) is 9.53 Å². The third-order valence-corrected chi connectivity index (χ3v) is 4.42. The summed E-state index contributed by atoms with van der Waals surface area (Å²) in [6, 6.07) is 5.94. The molecule has 5 heteroatoms. The van der Waals surface area contributed by atoms with Gasteiger partial charge in [0.05, 0.1) is 13.2 Å². The van der Waals surface area contributed by atoms with Gasteiger partial charge in [0.25, 0.3) is 5.91 Å². The molecule has 0 aromatic heterocycles. The molecule has 1 N–H and O–H groups in total. The van der Waals surface area contributed by atoms with Gasteiger partial charge in [0.15, 0.2) is 0 Å². The highest BCUT2D eigenvalue weighted by Gasteiger charge is 2.18. The molecule has 1 aliphatic heterocycles. The van der Waals surface area contributed by atoms with Crippen LogP contribution in [0.3, 0.4) is 0 Å². The average Bonchev–Trinajstić information content (AvgIpc) is 3.11. The summed E-state index contributed by atoms with van der Waals surface area (Å²) in [5.41, 5.74) is 2.96. The van der Waals surface area contributed by atoms with E-state index < -0.39 is 0 Å². The molecule has 1 aliphatic rings. The number of ether oxygens (including phenoxy) is 2. The van der Waals surface area contributed by atoms with Crippen molar-refractivity contribution in [2.45, 2.75) is 45.6 Å². The molecule has 5 nitrogen and oxygen atoms in total. The maximum atomic E-state index is 12.3. The lowest BCUT2D eigenvalue weighted by molar-refractivity contribution is -0.117. The van der Waals surface area contributed by atoms with Gasteiger partial charge < -0.3 is 14.8 Å². The first-order chi connectivity index (χ1) is 12.0. The van der Waals surface area contributed by atoms with E-state index in [1.54, 1.807) is 13.2 Å². The van der Waals surface area contributed by atoms with Crippen molar-refractivity contribution in [1.82, 2.24) is 5.32 Å². The molecular formula is C20H26N2O3. The van der Waals surface area contributed by atoms with Gasteiger partial charge in [0.2, 0.25) is 0 Å². The SMILES string of the molecule is COc1cc(C)c(C=C(C#N)C(=O)NCC2CCCO2)cc1C(C)C. The van der Waals surface area contributed by atoms with Gasteiger partial charge in [0, 0.05) is 13.2 Å². The van der Waals surface area contributed by atoms with Crippen molar-refractivity contribution in [2.75, 3.05) is 20.3 Å². The molecule has 1 unspecified atom stereocenters. The summed E-state index contributed by atoms with van der Waals surface area (Å²) in [6.07, 6.45) is 3.66. The molecule has 0 radical (unpaired) electrons. The van der Waals surface area contributed by atoms with Crippen molar-refractivity contribution in [3.05, 3.63) is 34.4 Å². The third-order valence-electron chi connectivity index (χ3n) is 4.42. The van der Waals surface area contributed by atoms with Crippen molar-refractivity contribution < 1.29 is 14.3 Å². The molecule has 1 fully saturated rings. The fourth-order valence-electron chi connectivity index (χ4n) is 2.91. The molecule has 1 amide bonds. The number of carbonyl (C=O) groups excluding carboxylic acids is 1. The number of nitriles is 1. The number of nitrogens with one attached hydrogen (secondary N) is 1. The highest BCUT2D eigenvalue weighted by molar-refractivity contribution is 6.01. The highest BCUT2D eigenvalue weighted by Crippen LogP contribution is 2.30. The van der Waals surface area contributed by atoms with Crippen molar-refractivity contribution in [1.29, 1.82) is 5.26 Å². The van der Waals surface area contributed by atoms with Gasteiger partial charge in [-0.15, -0.1) is 0 Å². The topological polar surface area (TPSA) is 71.3 Å². The molecule has 25 heavy (non-hydrogen) atoms. The Morgan fingerprint density at radius 1 is 1.52 bits per heavy atom. The van der Waals surface area contributed by atoms with Crippen LogP contribution in [0.5, 0.6) is 5.75 Å². The lowest BCUT2D eigenvalue weighted by Gasteiger charge is -2.15. The fraction of sp³-hybridized carbons (Fsp3) is 0.500. The maximum absolute atomic E-state index is 12.3. The molecule has 2 rings (SSSR count). The number of nitrogens with zero attached hydrogens (tertiary/aromatic N) is 1. The number of methoxy groups -OCH3 is 1. The number of hydrogen-bond donors (Lipinski definition) is 1. The maximum Gasteiger partial charge on any atom is 0.262 e. The number of rotatable bonds is 6. The van der Waals surface area contributed by atoms with Crippen molar-refractivity contribution in [2.24, 2.45) is 0 Å². The Bertz CT molecular complexity index is 696. The van der Waals surface area contributed by atoms with E-state index in [0.29, 0.717) is 6.54 Å². The predicted octanol–water partition coefficient (Wildman–Crippen LogP) is 3.33. The van der Waals surface area contributed by atoms with Crippen LogP contribution in [0.2, 0.25) is 0 Å². The first-order valence-electron chi connectivity index (χ1n) is 8.66. The van der Waals surface area contributed by atoms with E-state index in [1.807, 2.05) is 25.1 Å². The standard InChI is InChI=1S/C20H26N2O3/c1-13(2)18-10-15(14(3)8-19(18)24-4)9-16(11-21)20(23)22-12-17-6-5-7-25-17/h8-10,13,17H,5-7,12H2,1-4H3,(H,22,23). The summed E-state index contributed by atoms with van der Waals surface area (Å²) >= 11 is 0. The molecule has 1 aromatic carbocycles. The third kappa shape index (κ3) is 4.83. The van der Waals surface area contributed by atoms with Crippen LogP contribution in [-0.4, -0.2) is 32.3 Å². The molecule has 0 saturated carbocycles. The molecule has 1 saturated heterocycles. The molecule has 134 valence electrons. The van der Waals surface area contributed by atoms with Gasteiger partial charge in [-0.1, -0.05) is 13.8 Å². The molecular weight excluding hydrogens is 316 g/mol. The molecule has 1 aromatic rings. The smallest absolute Gasteiger partial charge is 0.262 e. The number of amides is 1. The quantitative estimate of drug-likeness (QED) is 0.636. The normalized spacial score (nSPS) is 17.4. The Morgan fingerprint density at radius 2 is 2.28 bits per heavy atom. The Balaban J connectivity index is 2.21. The second-order valence-electron chi connectivity index (χ2n) is 6.62. The van der Waals surface area contributed by atoms with E-state index >= 15 is 0 Å². The minimum absolute atomic E-state index is 0.0548. The molecule has 1 atom stereocenters. The van der Waals surface area contributed by atoms with Crippen LogP contribution in [0, 0.1) is 18.3 Å². The van der Waals surface area contributed by atoms with Crippen molar-refractivity contribution >= 4 is 12.0 Å². The largest absolute Gasteiger partial charge is 0.496 e. The summed E-state index contributed by atoms with van der Waals surface area (Å²) in [4.78, 5) is 12.3. The fourth-order valence-corrected chi connectivity index (χ4v) is 2.91. The Labute approximate surface area is 149 Å². The summed E-state index contributed by atoms with van der Waals surface area (Å²) in [5.74, 6) is 0.742. The van der Waals surface area contributed by atoms with Crippen LogP contribution >= 0.6 is 0 Å². The Kier molecular flexibility index (Phi) is 6.60. The molecule has 0 aliphatic carbocycles. The molecule has 0 spiro atoms. The van der Waals surface area contributed by atoms with Crippen molar-refractivity contribution in [3.8, 4) is 11.8 Å². The second kappa shape index (κ2) is 8.68. The van der Waals surface area contributed by atoms with E-state index in [9.17, 15) is 10.1 Å². The van der Waals surface area contributed by atoms with Gasteiger partial charge in [0.1, 0.15) is 17.4 Å². The van der Waals surface area contributed by atoms with E-state index in [2.05, 4.69) is 19.2 Å². The first kappa shape index (κ1) is 19.0. The second-order valence-corrected chi connectivity index (χ2v) is 6.62. The molecule has 1 heterocycles. The Hall–Kier alpha value is -2.32. The van der Waals surface area contributed by atoms with Crippen LogP contribution in [0.1, 0.15) is 49.3 Å². The monoisotopic (exact) mass is 342 g/mol. The summed E-state index contributed by atoms with van der Waals surface area (Å²) in [5, 5.41) is 12.2. The van der Waals surface area contributed by atoms with Gasteiger partial charge in [-0.25, -0.2) is 0 Å². The van der Waals surface area contributed by atoms with Gasteiger partial charge in [-0.2, -0.15) is 5.26 Å². The first-order valence-corrected chi connectivity index (χ1v) is 8.66. The zero-order valence-corrected chi connectivity index (χ0v) is 15.4. The van der Waals surface area contributed by atoms with E-state index in [-0.39, 0.29) is 23.5 Å². The van der Waals surface area contributed by atoms with Crippen LogP contribution in [0.25, 0.3) is 6.08 Å². The number of benzene rings is 1. The summed E-state index contributed by atoms with van der Waals surface area (Å²) in [6.45, 7) is 7.29. The molecule has 0 bridgehead atoms. The van der Waals surface area contributed by atoms with Crippen LogP contribution < -0.4 is 10.1 Å². The van der Waals surface area contributed by atoms with Gasteiger partial charge in [-0.05, 0) is 60.6 Å².